The van der Waals surface area contributed by atoms with Gasteiger partial charge in [-0.3, -0.25) is 4.79 Å². The van der Waals surface area contributed by atoms with Crippen LogP contribution in [0.1, 0.15) is 110 Å². The van der Waals surface area contributed by atoms with Gasteiger partial charge in [-0.25, -0.2) is 0 Å². The number of hydrogen-bond acceptors (Lipinski definition) is 1. The Hall–Kier alpha value is 0.0534. The van der Waals surface area contributed by atoms with Gasteiger partial charge in [-0.05, 0) is 6.42 Å². The number of hydrogen-bond donors (Lipinski definition) is 1. The Morgan fingerprint density at radius 1 is 0.636 bits per heavy atom. The summed E-state index contributed by atoms with van der Waals surface area (Å²) in [6.45, 7) is 2.27. The van der Waals surface area contributed by atoms with Gasteiger partial charge in [-0.15, -0.1) is 0 Å². The van der Waals surface area contributed by atoms with Gasteiger partial charge in [-0.2, -0.15) is 0 Å². The first kappa shape index (κ1) is 26.9. The van der Waals surface area contributed by atoms with Crippen LogP contribution in [0, 0.1) is 0 Å². The van der Waals surface area contributed by atoms with Crippen molar-refractivity contribution in [2.45, 2.75) is 110 Å². The summed E-state index contributed by atoms with van der Waals surface area (Å²) in [7, 11) is 0. The summed E-state index contributed by atoms with van der Waals surface area (Å²) in [6.07, 6.45) is 20.2. The quantitative estimate of drug-likeness (QED) is 0.261. The summed E-state index contributed by atoms with van der Waals surface area (Å²) in [6, 6.07) is 0. The van der Waals surface area contributed by atoms with Crippen molar-refractivity contribution in [3.8, 4) is 0 Å². The summed E-state index contributed by atoms with van der Waals surface area (Å²) in [5.74, 6) is -0.653. The molecule has 0 amide bonds. The van der Waals surface area contributed by atoms with Crippen molar-refractivity contribution in [2.24, 2.45) is 0 Å². The van der Waals surface area contributed by atoms with Crippen LogP contribution in [-0.4, -0.2) is 11.1 Å². The average Bonchev–Trinajstić information content (AvgIpc) is 2.43. The summed E-state index contributed by atoms with van der Waals surface area (Å²) in [4.78, 5) is 10.3. The Morgan fingerprint density at radius 2 is 0.909 bits per heavy atom. The van der Waals surface area contributed by atoms with E-state index in [2.05, 4.69) is 6.92 Å². The summed E-state index contributed by atoms with van der Waals surface area (Å²) >= 11 is 0. The molecule has 0 rings (SSSR count). The van der Waals surface area contributed by atoms with Crippen LogP contribution >= 0.6 is 0 Å². The molecular formula is C18H36O3Zn. The smallest absolute Gasteiger partial charge is 2.00 e. The van der Waals surface area contributed by atoms with Gasteiger partial charge >= 0.3 is 25.4 Å². The minimum absolute atomic E-state index is 0. The fraction of sp³-hybridized carbons (Fsp3) is 0.944. The van der Waals surface area contributed by atoms with E-state index in [9.17, 15) is 4.79 Å². The minimum Gasteiger partial charge on any atom is -2.00 e. The maximum atomic E-state index is 10.3. The van der Waals surface area contributed by atoms with Gasteiger partial charge in [0, 0.05) is 6.42 Å². The molecule has 0 fully saturated rings. The van der Waals surface area contributed by atoms with Crippen molar-refractivity contribution in [2.75, 3.05) is 0 Å². The second kappa shape index (κ2) is 23.3. The zero-order valence-electron chi connectivity index (χ0n) is 14.8. The molecule has 0 aliphatic carbocycles. The molecule has 0 bridgehead atoms. The molecule has 0 saturated heterocycles. The van der Waals surface area contributed by atoms with E-state index >= 15 is 0 Å². The van der Waals surface area contributed by atoms with E-state index in [4.69, 9.17) is 5.11 Å². The molecule has 1 N–H and O–H groups in total. The van der Waals surface area contributed by atoms with E-state index < -0.39 is 5.97 Å². The van der Waals surface area contributed by atoms with Crippen molar-refractivity contribution < 1.29 is 34.9 Å². The molecule has 0 aromatic carbocycles. The molecule has 128 valence electrons. The Labute approximate surface area is 150 Å². The SMILES string of the molecule is CCCCCCCCCCCCCCCCCC(=O)O.[O-2].[Zn+2]. The van der Waals surface area contributed by atoms with Crippen LogP contribution in [0.3, 0.4) is 0 Å². The predicted molar refractivity (Wildman–Crippen MR) is 87.9 cm³/mol. The number of aliphatic carboxylic acids is 1. The van der Waals surface area contributed by atoms with Gasteiger partial charge in [0.2, 0.25) is 0 Å². The van der Waals surface area contributed by atoms with Crippen molar-refractivity contribution in [1.82, 2.24) is 0 Å². The summed E-state index contributed by atoms with van der Waals surface area (Å²) in [5, 5.41) is 8.52. The molecule has 0 aromatic rings. The first-order valence-electron chi connectivity index (χ1n) is 8.99. The van der Waals surface area contributed by atoms with E-state index in [-0.39, 0.29) is 25.0 Å². The Bertz CT molecular complexity index is 211. The third-order valence-corrected chi connectivity index (χ3v) is 3.99. The average molecular weight is 366 g/mol. The first-order chi connectivity index (χ1) is 9.77. The van der Waals surface area contributed by atoms with Crippen molar-refractivity contribution in [1.29, 1.82) is 0 Å². The van der Waals surface area contributed by atoms with E-state index in [1.165, 1.54) is 83.5 Å². The number of carboxylic acid groups (broad SMARTS) is 1. The Balaban J connectivity index is -0.00000180. The van der Waals surface area contributed by atoms with Crippen molar-refractivity contribution in [3.05, 3.63) is 0 Å². The third-order valence-electron chi connectivity index (χ3n) is 3.99. The van der Waals surface area contributed by atoms with Crippen molar-refractivity contribution >= 4 is 5.97 Å². The van der Waals surface area contributed by atoms with E-state index in [1.807, 2.05) is 0 Å². The van der Waals surface area contributed by atoms with Gasteiger partial charge in [0.1, 0.15) is 0 Å². The molecule has 0 spiro atoms. The number of unbranched alkanes of at least 4 members (excludes halogenated alkanes) is 14. The van der Waals surface area contributed by atoms with Gasteiger partial charge in [-0.1, -0.05) is 96.8 Å². The van der Waals surface area contributed by atoms with Gasteiger partial charge < -0.3 is 10.6 Å². The fourth-order valence-corrected chi connectivity index (χ4v) is 2.65. The normalized spacial score (nSPS) is 9.86. The molecule has 0 aliphatic heterocycles. The van der Waals surface area contributed by atoms with E-state index in [1.54, 1.807) is 0 Å². The van der Waals surface area contributed by atoms with E-state index in [0.717, 1.165) is 12.8 Å². The molecule has 4 heteroatoms. The number of carboxylic acids is 1. The van der Waals surface area contributed by atoms with Crippen LogP contribution in [0.25, 0.3) is 0 Å². The third kappa shape index (κ3) is 25.0. The molecular weight excluding hydrogens is 330 g/mol. The van der Waals surface area contributed by atoms with Crippen LogP contribution in [0.5, 0.6) is 0 Å². The second-order valence-corrected chi connectivity index (χ2v) is 6.09. The topological polar surface area (TPSA) is 65.8 Å². The van der Waals surface area contributed by atoms with Gasteiger partial charge in [0.25, 0.3) is 0 Å². The van der Waals surface area contributed by atoms with Crippen LogP contribution < -0.4 is 0 Å². The monoisotopic (exact) mass is 364 g/mol. The zero-order valence-corrected chi connectivity index (χ0v) is 17.8. The van der Waals surface area contributed by atoms with Gasteiger partial charge in [0.15, 0.2) is 0 Å². The molecule has 3 nitrogen and oxygen atoms in total. The fourth-order valence-electron chi connectivity index (χ4n) is 2.65. The van der Waals surface area contributed by atoms with Crippen LogP contribution in [0.4, 0.5) is 0 Å². The second-order valence-electron chi connectivity index (χ2n) is 6.09. The molecule has 0 aromatic heterocycles. The predicted octanol–water partition coefficient (Wildman–Crippen LogP) is 6.21. The summed E-state index contributed by atoms with van der Waals surface area (Å²) in [5.41, 5.74) is 0. The van der Waals surface area contributed by atoms with Crippen molar-refractivity contribution in [3.63, 3.8) is 0 Å². The van der Waals surface area contributed by atoms with E-state index in [0.29, 0.717) is 6.42 Å². The molecule has 22 heavy (non-hydrogen) atoms. The Morgan fingerprint density at radius 3 is 1.18 bits per heavy atom. The maximum Gasteiger partial charge on any atom is 2.00 e. The molecule has 0 aliphatic rings. The number of carbonyl (C=O) groups is 1. The van der Waals surface area contributed by atoms with Gasteiger partial charge in [0.05, 0.1) is 0 Å². The molecule has 0 unspecified atom stereocenters. The first-order valence-corrected chi connectivity index (χ1v) is 8.99. The molecule has 0 radical (unpaired) electrons. The zero-order chi connectivity index (χ0) is 14.9. The molecule has 0 atom stereocenters. The summed E-state index contributed by atoms with van der Waals surface area (Å²) < 4.78 is 0. The largest absolute Gasteiger partial charge is 2.00 e. The minimum atomic E-state index is -0.653. The Kier molecular flexibility index (Phi) is 28.5. The molecule has 0 saturated carbocycles. The van der Waals surface area contributed by atoms with Crippen LogP contribution in [0.15, 0.2) is 0 Å². The molecule has 0 heterocycles. The van der Waals surface area contributed by atoms with Crippen LogP contribution in [0.2, 0.25) is 0 Å². The standard InChI is InChI=1S/C18H36O2.O.Zn/c1-2-3-4-5-6-7-8-9-10-11-12-13-14-15-16-17-18(19)20;;/h2-17H2,1H3,(H,19,20);;/q;-2;+2. The maximum absolute atomic E-state index is 10.3. The van der Waals surface area contributed by atoms with Crippen LogP contribution in [-0.2, 0) is 29.7 Å². The number of rotatable bonds is 16.